The number of hydrogen-bond acceptors (Lipinski definition) is 4. The van der Waals surface area contributed by atoms with Crippen molar-refractivity contribution in [2.45, 2.75) is 13.0 Å². The molecule has 23 heavy (non-hydrogen) atoms. The van der Waals surface area contributed by atoms with Crippen LogP contribution in [0.15, 0.2) is 48.5 Å². The Morgan fingerprint density at radius 1 is 1.13 bits per heavy atom. The maximum absolute atomic E-state index is 12.5. The van der Waals surface area contributed by atoms with Gasteiger partial charge in [-0.05, 0) is 30.1 Å². The monoisotopic (exact) mass is 326 g/mol. The molecule has 0 fully saturated rings. The van der Waals surface area contributed by atoms with Crippen molar-refractivity contribution in [2.24, 2.45) is 0 Å². The molecule has 0 spiro atoms. The van der Waals surface area contributed by atoms with E-state index in [1.165, 1.54) is 0 Å². The molecule has 3 aromatic rings. The van der Waals surface area contributed by atoms with Crippen molar-refractivity contribution >= 4 is 34.3 Å². The fourth-order valence-electron chi connectivity index (χ4n) is 2.30. The summed E-state index contributed by atoms with van der Waals surface area (Å²) < 4.78 is 4.21. The van der Waals surface area contributed by atoms with Crippen LogP contribution in [0.3, 0.4) is 0 Å². The molecule has 1 amide bonds. The van der Waals surface area contributed by atoms with E-state index >= 15 is 0 Å². The normalized spacial score (nSPS) is 12.0. The van der Waals surface area contributed by atoms with Crippen molar-refractivity contribution in [3.63, 3.8) is 0 Å². The molecule has 6 heteroatoms. The molecule has 1 unspecified atom stereocenters. The zero-order valence-electron chi connectivity index (χ0n) is 12.3. The minimum Gasteiger partial charge on any atom is -0.479 e. The van der Waals surface area contributed by atoms with Gasteiger partial charge in [0.2, 0.25) is 0 Å². The number of aromatic nitrogens is 1. The third kappa shape index (κ3) is 3.07. The van der Waals surface area contributed by atoms with Gasteiger partial charge in [0, 0.05) is 5.39 Å². The van der Waals surface area contributed by atoms with Crippen molar-refractivity contribution < 1.29 is 14.7 Å². The maximum Gasteiger partial charge on any atom is 0.330 e. The molecule has 0 saturated heterocycles. The van der Waals surface area contributed by atoms with Crippen LogP contribution < -0.4 is 5.32 Å². The summed E-state index contributed by atoms with van der Waals surface area (Å²) in [4.78, 5) is 24.4. The molecule has 0 bridgehead atoms. The highest BCUT2D eigenvalue weighted by molar-refractivity contribution is 7.09. The van der Waals surface area contributed by atoms with Crippen LogP contribution in [0.2, 0.25) is 0 Å². The van der Waals surface area contributed by atoms with Crippen LogP contribution in [-0.2, 0) is 4.79 Å². The van der Waals surface area contributed by atoms with Gasteiger partial charge >= 0.3 is 5.97 Å². The molecule has 1 aromatic heterocycles. The number of amides is 1. The van der Waals surface area contributed by atoms with Crippen LogP contribution in [0.1, 0.15) is 26.8 Å². The summed E-state index contributed by atoms with van der Waals surface area (Å²) >= 11 is 1.07. The topological polar surface area (TPSA) is 79.3 Å². The lowest BCUT2D eigenvalue weighted by Crippen LogP contribution is -2.33. The first-order valence-corrected chi connectivity index (χ1v) is 7.78. The number of rotatable bonds is 4. The van der Waals surface area contributed by atoms with Gasteiger partial charge in [0.05, 0.1) is 5.52 Å². The molecule has 0 aliphatic heterocycles. The van der Waals surface area contributed by atoms with Crippen molar-refractivity contribution in [1.29, 1.82) is 0 Å². The fraction of sp³-hybridized carbons (Fsp3) is 0.118. The number of carboxylic acids is 1. The molecule has 5 nitrogen and oxygen atoms in total. The zero-order chi connectivity index (χ0) is 16.4. The van der Waals surface area contributed by atoms with Crippen LogP contribution in [0.25, 0.3) is 10.9 Å². The smallest absolute Gasteiger partial charge is 0.330 e. The standard InChI is InChI=1S/C17H14N2O3S/c1-10-6-8-11(9-7-10)14(17(21)22)18-16(20)15-12-4-2-3-5-13(12)19-23-15/h2-9,14H,1H3,(H,18,20)(H,21,22). The first-order chi connectivity index (χ1) is 11.1. The first kappa shape index (κ1) is 15.2. The lowest BCUT2D eigenvalue weighted by Gasteiger charge is -2.14. The van der Waals surface area contributed by atoms with Gasteiger partial charge in [-0.15, -0.1) is 0 Å². The molecule has 0 saturated carbocycles. The molecule has 3 rings (SSSR count). The summed E-state index contributed by atoms with van der Waals surface area (Å²) in [5.41, 5.74) is 2.28. The van der Waals surface area contributed by atoms with Gasteiger partial charge in [-0.25, -0.2) is 4.79 Å². The van der Waals surface area contributed by atoms with Crippen LogP contribution in [0.5, 0.6) is 0 Å². The Morgan fingerprint density at radius 2 is 1.83 bits per heavy atom. The van der Waals surface area contributed by atoms with Gasteiger partial charge in [0.15, 0.2) is 6.04 Å². The second-order valence-corrected chi connectivity index (χ2v) is 5.96. The minimum absolute atomic E-state index is 0.416. The number of nitrogens with one attached hydrogen (secondary N) is 1. The van der Waals surface area contributed by atoms with Gasteiger partial charge in [-0.1, -0.05) is 48.0 Å². The molecule has 2 aromatic carbocycles. The first-order valence-electron chi connectivity index (χ1n) is 7.01. The summed E-state index contributed by atoms with van der Waals surface area (Å²) in [7, 11) is 0. The van der Waals surface area contributed by atoms with E-state index in [-0.39, 0.29) is 0 Å². The number of nitrogens with zero attached hydrogens (tertiary/aromatic N) is 1. The van der Waals surface area contributed by atoms with E-state index in [2.05, 4.69) is 9.69 Å². The Hall–Kier alpha value is -2.73. The second-order valence-electron chi connectivity index (χ2n) is 5.18. The van der Waals surface area contributed by atoms with Crippen molar-refractivity contribution in [3.8, 4) is 0 Å². The highest BCUT2D eigenvalue weighted by Gasteiger charge is 2.24. The minimum atomic E-state index is -1.10. The molecule has 116 valence electrons. The molecular weight excluding hydrogens is 312 g/mol. The van der Waals surface area contributed by atoms with Gasteiger partial charge in [0.25, 0.3) is 5.91 Å². The van der Waals surface area contributed by atoms with E-state index in [1.807, 2.05) is 37.3 Å². The summed E-state index contributed by atoms with van der Waals surface area (Å²) in [5, 5.41) is 12.7. The Labute approximate surface area is 136 Å². The van der Waals surface area contributed by atoms with E-state index in [0.717, 1.165) is 28.0 Å². The second kappa shape index (κ2) is 6.18. The third-order valence-electron chi connectivity index (χ3n) is 3.52. The number of fused-ring (bicyclic) bond motifs is 1. The Morgan fingerprint density at radius 3 is 2.52 bits per heavy atom. The van der Waals surface area contributed by atoms with Gasteiger partial charge < -0.3 is 10.4 Å². The molecule has 2 N–H and O–H groups in total. The SMILES string of the molecule is Cc1ccc(C(NC(=O)c2snc3ccccc23)C(=O)O)cc1. The number of carboxylic acid groups (broad SMARTS) is 1. The lowest BCUT2D eigenvalue weighted by atomic mass is 10.1. The predicted octanol–water partition coefficient (Wildman–Crippen LogP) is 3.16. The van der Waals surface area contributed by atoms with Crippen molar-refractivity contribution in [1.82, 2.24) is 9.69 Å². The molecule has 0 aliphatic carbocycles. The number of hydrogen-bond donors (Lipinski definition) is 2. The molecular formula is C17H14N2O3S. The van der Waals surface area contributed by atoms with E-state index in [9.17, 15) is 14.7 Å². The van der Waals surface area contributed by atoms with E-state index < -0.39 is 17.9 Å². The number of benzene rings is 2. The lowest BCUT2D eigenvalue weighted by molar-refractivity contribution is -0.139. The average molecular weight is 326 g/mol. The number of carbonyl (C=O) groups is 2. The van der Waals surface area contributed by atoms with E-state index in [4.69, 9.17) is 0 Å². The molecule has 0 radical (unpaired) electrons. The Bertz CT molecular complexity index is 871. The highest BCUT2D eigenvalue weighted by Crippen LogP contribution is 2.23. The summed E-state index contributed by atoms with van der Waals surface area (Å²) in [6.07, 6.45) is 0. The van der Waals surface area contributed by atoms with Crippen molar-refractivity contribution in [3.05, 3.63) is 64.5 Å². The largest absolute Gasteiger partial charge is 0.479 e. The highest BCUT2D eigenvalue weighted by atomic mass is 32.1. The van der Waals surface area contributed by atoms with Crippen LogP contribution >= 0.6 is 11.5 Å². The summed E-state index contributed by atoms with van der Waals surface area (Å²) in [5.74, 6) is -1.53. The predicted molar refractivity (Wildman–Crippen MR) is 88.6 cm³/mol. The van der Waals surface area contributed by atoms with E-state index in [1.54, 1.807) is 18.2 Å². The quantitative estimate of drug-likeness (QED) is 0.772. The molecule has 0 aliphatic rings. The van der Waals surface area contributed by atoms with Crippen LogP contribution in [0, 0.1) is 6.92 Å². The van der Waals surface area contributed by atoms with Gasteiger partial charge in [0.1, 0.15) is 4.88 Å². The summed E-state index contributed by atoms with van der Waals surface area (Å²) in [6, 6.07) is 13.2. The zero-order valence-corrected chi connectivity index (χ0v) is 13.1. The fourth-order valence-corrected chi connectivity index (χ4v) is 3.06. The number of aryl methyl sites for hydroxylation is 1. The van der Waals surface area contributed by atoms with E-state index in [0.29, 0.717) is 10.4 Å². The third-order valence-corrected chi connectivity index (χ3v) is 4.40. The van der Waals surface area contributed by atoms with Gasteiger partial charge in [-0.3, -0.25) is 4.79 Å². The van der Waals surface area contributed by atoms with Crippen molar-refractivity contribution in [2.75, 3.05) is 0 Å². The maximum atomic E-state index is 12.5. The molecule has 1 atom stereocenters. The van der Waals surface area contributed by atoms with Crippen LogP contribution in [-0.4, -0.2) is 21.4 Å². The van der Waals surface area contributed by atoms with Gasteiger partial charge in [-0.2, -0.15) is 4.37 Å². The Balaban J connectivity index is 1.89. The molecule has 1 heterocycles. The average Bonchev–Trinajstić information content (AvgIpc) is 2.97. The summed E-state index contributed by atoms with van der Waals surface area (Å²) in [6.45, 7) is 1.92. The Kier molecular flexibility index (Phi) is 4.08. The van der Waals surface area contributed by atoms with Crippen LogP contribution in [0.4, 0.5) is 0 Å². The number of aliphatic carboxylic acids is 1. The number of carbonyl (C=O) groups excluding carboxylic acids is 1.